The van der Waals surface area contributed by atoms with Gasteiger partial charge in [0, 0.05) is 51.8 Å². The van der Waals surface area contributed by atoms with Gasteiger partial charge in [0.25, 0.3) is 0 Å². The summed E-state index contributed by atoms with van der Waals surface area (Å²) < 4.78 is 10.6. The maximum absolute atomic E-state index is 12.5. The Labute approximate surface area is 189 Å². The number of hydrogen-bond donors (Lipinski definition) is 1. The van der Waals surface area contributed by atoms with Gasteiger partial charge in [-0.2, -0.15) is 0 Å². The number of anilines is 1. The summed E-state index contributed by atoms with van der Waals surface area (Å²) in [6, 6.07) is 20.5. The Morgan fingerprint density at radius 1 is 0.906 bits per heavy atom. The van der Waals surface area contributed by atoms with Crippen molar-refractivity contribution in [1.29, 1.82) is 0 Å². The van der Waals surface area contributed by atoms with E-state index >= 15 is 0 Å². The maximum Gasteiger partial charge on any atom is 0.225 e. The average Bonchev–Trinajstić information content (AvgIpc) is 2.84. The molecule has 0 aromatic heterocycles. The topological polar surface area (TPSA) is 54.0 Å². The van der Waals surface area contributed by atoms with Crippen LogP contribution in [0.15, 0.2) is 60.7 Å². The number of nitrogens with zero attached hydrogens (tertiary/aromatic N) is 2. The molecule has 0 spiro atoms. The molecule has 0 aliphatic carbocycles. The molecule has 1 amide bonds. The van der Waals surface area contributed by atoms with Crippen molar-refractivity contribution in [2.75, 3.05) is 52.3 Å². The molecule has 6 heteroatoms. The van der Waals surface area contributed by atoms with E-state index in [4.69, 9.17) is 9.47 Å². The molecule has 1 saturated heterocycles. The Bertz CT molecular complexity index is 1060. The molecule has 1 aliphatic heterocycles. The maximum atomic E-state index is 12.5. The van der Waals surface area contributed by atoms with E-state index in [0.29, 0.717) is 23.6 Å². The van der Waals surface area contributed by atoms with Gasteiger partial charge in [-0.3, -0.25) is 9.69 Å². The summed E-state index contributed by atoms with van der Waals surface area (Å²) in [7, 11) is 3.20. The Morgan fingerprint density at radius 2 is 1.66 bits per heavy atom. The van der Waals surface area contributed by atoms with Crippen LogP contribution in [0, 0.1) is 0 Å². The zero-order valence-electron chi connectivity index (χ0n) is 18.8. The van der Waals surface area contributed by atoms with E-state index in [-0.39, 0.29) is 5.91 Å². The molecule has 0 radical (unpaired) electrons. The van der Waals surface area contributed by atoms with Crippen molar-refractivity contribution >= 4 is 22.4 Å². The largest absolute Gasteiger partial charge is 0.497 e. The molecule has 6 nitrogen and oxygen atoms in total. The molecule has 0 atom stereocenters. The molecule has 0 saturated carbocycles. The van der Waals surface area contributed by atoms with Crippen molar-refractivity contribution in [3.8, 4) is 11.5 Å². The van der Waals surface area contributed by atoms with Gasteiger partial charge in [0.05, 0.1) is 19.9 Å². The zero-order chi connectivity index (χ0) is 22.3. The van der Waals surface area contributed by atoms with Crippen LogP contribution in [0.5, 0.6) is 11.5 Å². The van der Waals surface area contributed by atoms with Crippen LogP contribution in [0.25, 0.3) is 10.8 Å². The van der Waals surface area contributed by atoms with Gasteiger partial charge in [-0.1, -0.05) is 42.5 Å². The highest BCUT2D eigenvalue weighted by molar-refractivity contribution is 5.92. The summed E-state index contributed by atoms with van der Waals surface area (Å²) in [4.78, 5) is 17.4. The summed E-state index contributed by atoms with van der Waals surface area (Å²) in [5.41, 5.74) is 2.01. The van der Waals surface area contributed by atoms with Crippen molar-refractivity contribution in [3.63, 3.8) is 0 Å². The van der Waals surface area contributed by atoms with Gasteiger partial charge in [-0.25, -0.2) is 0 Å². The van der Waals surface area contributed by atoms with Gasteiger partial charge < -0.3 is 19.7 Å². The number of fused-ring (bicyclic) bond motifs is 1. The second-order valence-electron chi connectivity index (χ2n) is 8.12. The predicted molar refractivity (Wildman–Crippen MR) is 128 cm³/mol. The van der Waals surface area contributed by atoms with Gasteiger partial charge in [0.1, 0.15) is 11.5 Å². The summed E-state index contributed by atoms with van der Waals surface area (Å²) in [5, 5.41) is 5.58. The van der Waals surface area contributed by atoms with Crippen molar-refractivity contribution < 1.29 is 14.3 Å². The third-order valence-electron chi connectivity index (χ3n) is 6.07. The van der Waals surface area contributed by atoms with E-state index in [9.17, 15) is 4.79 Å². The van der Waals surface area contributed by atoms with Crippen LogP contribution in [-0.2, 0) is 11.3 Å². The summed E-state index contributed by atoms with van der Waals surface area (Å²) in [6.45, 7) is 5.68. The van der Waals surface area contributed by atoms with E-state index in [1.165, 1.54) is 16.3 Å². The Kier molecular flexibility index (Phi) is 7.24. The molecule has 32 heavy (non-hydrogen) atoms. The molecule has 1 N–H and O–H groups in total. The number of methoxy groups -OCH3 is 2. The Morgan fingerprint density at radius 3 is 2.44 bits per heavy atom. The summed E-state index contributed by atoms with van der Waals surface area (Å²) in [6.07, 6.45) is 0.448. The fourth-order valence-electron chi connectivity index (χ4n) is 4.23. The normalized spacial score (nSPS) is 14.9. The average molecular weight is 434 g/mol. The highest BCUT2D eigenvalue weighted by Gasteiger charge is 2.18. The minimum absolute atomic E-state index is 0.0188. The third kappa shape index (κ3) is 5.39. The number of carbonyl (C=O) groups is 1. The highest BCUT2D eigenvalue weighted by atomic mass is 16.5. The van der Waals surface area contributed by atoms with Crippen molar-refractivity contribution in [2.45, 2.75) is 13.0 Å². The minimum Gasteiger partial charge on any atom is -0.497 e. The molecule has 4 rings (SSSR count). The third-order valence-corrected chi connectivity index (χ3v) is 6.07. The molecule has 0 bridgehead atoms. The zero-order valence-corrected chi connectivity index (χ0v) is 18.8. The van der Waals surface area contributed by atoms with E-state index in [2.05, 4.69) is 57.6 Å². The predicted octanol–water partition coefficient (Wildman–Crippen LogP) is 4.00. The molecule has 3 aromatic rings. The van der Waals surface area contributed by atoms with Crippen LogP contribution in [-0.4, -0.2) is 62.7 Å². The molecular formula is C26H31N3O3. The second kappa shape index (κ2) is 10.5. The van der Waals surface area contributed by atoms with Crippen molar-refractivity contribution in [3.05, 3.63) is 66.2 Å². The fraction of sp³-hybridized carbons (Fsp3) is 0.346. The lowest BCUT2D eigenvalue weighted by Crippen LogP contribution is -2.46. The SMILES string of the molecule is COc1ccc(OC)c(NC(=O)CCN2CCN(Cc3cccc4ccccc34)CC2)c1. The molecule has 1 fully saturated rings. The van der Waals surface area contributed by atoms with Crippen LogP contribution in [0.3, 0.4) is 0 Å². The standard InChI is InChI=1S/C26H31N3O3/c1-31-22-10-11-25(32-2)24(18-22)27-26(30)12-13-28-14-16-29(17-15-28)19-21-8-5-7-20-6-3-4-9-23(20)21/h3-11,18H,12-17,19H2,1-2H3,(H,27,30). The number of carbonyl (C=O) groups excluding carboxylic acids is 1. The first-order valence-corrected chi connectivity index (χ1v) is 11.1. The van der Waals surface area contributed by atoms with Gasteiger partial charge in [-0.15, -0.1) is 0 Å². The number of nitrogens with one attached hydrogen (secondary N) is 1. The minimum atomic E-state index is -0.0188. The fourth-order valence-corrected chi connectivity index (χ4v) is 4.23. The monoisotopic (exact) mass is 433 g/mol. The lowest BCUT2D eigenvalue weighted by molar-refractivity contribution is -0.116. The molecule has 1 heterocycles. The molecule has 1 aliphatic rings. The summed E-state index contributed by atoms with van der Waals surface area (Å²) in [5.74, 6) is 1.29. The molecule has 168 valence electrons. The Balaban J connectivity index is 1.25. The number of benzene rings is 3. The number of ether oxygens (including phenoxy) is 2. The van der Waals surface area contributed by atoms with Gasteiger partial charge in [-0.05, 0) is 28.5 Å². The molecular weight excluding hydrogens is 402 g/mol. The van der Waals surface area contributed by atoms with Crippen LogP contribution < -0.4 is 14.8 Å². The van der Waals surface area contributed by atoms with Gasteiger partial charge in [0.15, 0.2) is 0 Å². The van der Waals surface area contributed by atoms with E-state index in [0.717, 1.165) is 39.3 Å². The smallest absolute Gasteiger partial charge is 0.225 e. The Hall–Kier alpha value is -3.09. The van der Waals surface area contributed by atoms with E-state index in [1.807, 2.05) is 6.07 Å². The van der Waals surface area contributed by atoms with Crippen molar-refractivity contribution in [1.82, 2.24) is 9.80 Å². The number of hydrogen-bond acceptors (Lipinski definition) is 5. The van der Waals surface area contributed by atoms with Crippen molar-refractivity contribution in [2.24, 2.45) is 0 Å². The first kappa shape index (κ1) is 22.1. The number of amides is 1. The second-order valence-corrected chi connectivity index (χ2v) is 8.12. The van der Waals surface area contributed by atoms with Crippen LogP contribution >= 0.6 is 0 Å². The lowest BCUT2D eigenvalue weighted by atomic mass is 10.0. The van der Waals surface area contributed by atoms with E-state index < -0.39 is 0 Å². The van der Waals surface area contributed by atoms with E-state index in [1.54, 1.807) is 26.4 Å². The number of piperazine rings is 1. The van der Waals surface area contributed by atoms with Gasteiger partial charge >= 0.3 is 0 Å². The van der Waals surface area contributed by atoms with Crippen LogP contribution in [0.4, 0.5) is 5.69 Å². The lowest BCUT2D eigenvalue weighted by Gasteiger charge is -2.34. The summed E-state index contributed by atoms with van der Waals surface area (Å²) >= 11 is 0. The van der Waals surface area contributed by atoms with Gasteiger partial charge in [0.2, 0.25) is 5.91 Å². The first-order valence-electron chi connectivity index (χ1n) is 11.1. The van der Waals surface area contributed by atoms with Crippen LogP contribution in [0.1, 0.15) is 12.0 Å². The quantitative estimate of drug-likeness (QED) is 0.582. The highest BCUT2D eigenvalue weighted by Crippen LogP contribution is 2.29. The molecule has 3 aromatic carbocycles. The molecule has 0 unspecified atom stereocenters. The first-order chi connectivity index (χ1) is 15.7. The van der Waals surface area contributed by atoms with Crippen LogP contribution in [0.2, 0.25) is 0 Å². The number of rotatable bonds is 8.